The minimum absolute atomic E-state index is 0.0961. The van der Waals surface area contributed by atoms with Crippen molar-refractivity contribution in [2.24, 2.45) is 0 Å². The highest BCUT2D eigenvalue weighted by Gasteiger charge is 2.23. The van der Waals surface area contributed by atoms with Crippen LogP contribution in [0.5, 0.6) is 0 Å². The largest absolute Gasteiger partial charge is 0.395 e. The van der Waals surface area contributed by atoms with Gasteiger partial charge in [-0.15, -0.1) is 0 Å². The average molecular weight is 301 g/mol. The molecule has 1 aromatic rings. The Hall–Kier alpha value is -1.18. The molecule has 114 valence electrons. The molecular formula is C13H23N3O3S. The number of pyridine rings is 1. The normalized spacial score (nSPS) is 11.9. The Labute approximate surface area is 120 Å². The molecule has 0 unspecified atom stereocenters. The van der Waals surface area contributed by atoms with Gasteiger partial charge in [0.25, 0.3) is 0 Å². The Morgan fingerprint density at radius 2 is 2.00 bits per heavy atom. The molecule has 0 aliphatic rings. The fourth-order valence-electron chi connectivity index (χ4n) is 1.87. The Bertz CT molecular complexity index is 488. The van der Waals surface area contributed by atoms with Crippen molar-refractivity contribution in [3.8, 4) is 0 Å². The molecule has 0 fully saturated rings. The first-order valence-corrected chi connectivity index (χ1v) is 8.29. The van der Waals surface area contributed by atoms with Crippen LogP contribution in [0.15, 0.2) is 23.2 Å². The maximum absolute atomic E-state index is 12.4. The van der Waals surface area contributed by atoms with Crippen LogP contribution in [-0.4, -0.2) is 42.5 Å². The van der Waals surface area contributed by atoms with Crippen LogP contribution in [0.1, 0.15) is 32.6 Å². The lowest BCUT2D eigenvalue weighted by Gasteiger charge is -2.21. The number of hydrogen-bond acceptors (Lipinski definition) is 5. The van der Waals surface area contributed by atoms with Crippen molar-refractivity contribution in [2.75, 3.05) is 25.4 Å². The number of unbranched alkanes of at least 4 members (excludes halogenated alkanes) is 3. The maximum atomic E-state index is 12.4. The van der Waals surface area contributed by atoms with E-state index in [1.807, 2.05) is 0 Å². The number of nitrogens with zero attached hydrogens (tertiary/aromatic N) is 2. The van der Waals surface area contributed by atoms with E-state index < -0.39 is 10.0 Å². The van der Waals surface area contributed by atoms with Crippen molar-refractivity contribution in [1.29, 1.82) is 0 Å². The fraction of sp³-hybridized carbons (Fsp3) is 0.615. The molecule has 20 heavy (non-hydrogen) atoms. The summed E-state index contributed by atoms with van der Waals surface area (Å²) in [7, 11) is -3.61. The molecule has 1 heterocycles. The smallest absolute Gasteiger partial charge is 0.244 e. The van der Waals surface area contributed by atoms with E-state index in [4.69, 9.17) is 10.8 Å². The topological polar surface area (TPSA) is 96.5 Å². The van der Waals surface area contributed by atoms with E-state index in [-0.39, 0.29) is 23.9 Å². The number of aliphatic hydroxyl groups is 1. The molecule has 0 aliphatic carbocycles. The lowest BCUT2D eigenvalue weighted by atomic mass is 10.2. The Morgan fingerprint density at radius 3 is 2.55 bits per heavy atom. The molecule has 7 heteroatoms. The number of rotatable bonds is 9. The SMILES string of the molecule is CCCCCCN(CCO)S(=O)(=O)c1ccc(N)nc1. The standard InChI is InChI=1S/C13H23N3O3S/c1-2-3-4-5-8-16(9-10-17)20(18,19)12-6-7-13(14)15-11-12/h6-7,11,17H,2-5,8-10H2,1H3,(H2,14,15). The van der Waals surface area contributed by atoms with Crippen molar-refractivity contribution in [3.05, 3.63) is 18.3 Å². The van der Waals surface area contributed by atoms with Crippen LogP contribution >= 0.6 is 0 Å². The first-order valence-electron chi connectivity index (χ1n) is 6.85. The van der Waals surface area contributed by atoms with E-state index in [0.29, 0.717) is 6.54 Å². The van der Waals surface area contributed by atoms with Gasteiger partial charge in [-0.2, -0.15) is 4.31 Å². The average Bonchev–Trinajstić information content (AvgIpc) is 2.42. The minimum Gasteiger partial charge on any atom is -0.395 e. The van der Waals surface area contributed by atoms with Gasteiger partial charge in [-0.1, -0.05) is 26.2 Å². The molecule has 1 aromatic heterocycles. The second-order valence-electron chi connectivity index (χ2n) is 4.61. The third kappa shape index (κ3) is 4.73. The third-order valence-corrected chi connectivity index (χ3v) is 4.89. The van der Waals surface area contributed by atoms with Gasteiger partial charge >= 0.3 is 0 Å². The number of aliphatic hydroxyl groups excluding tert-OH is 1. The van der Waals surface area contributed by atoms with E-state index in [1.165, 1.54) is 22.6 Å². The summed E-state index contributed by atoms with van der Waals surface area (Å²) in [5, 5.41) is 9.05. The monoisotopic (exact) mass is 301 g/mol. The Morgan fingerprint density at radius 1 is 1.25 bits per heavy atom. The molecule has 0 bridgehead atoms. The van der Waals surface area contributed by atoms with Gasteiger partial charge in [-0.3, -0.25) is 0 Å². The predicted octanol–water partition coefficient (Wildman–Crippen LogP) is 1.23. The highest BCUT2D eigenvalue weighted by atomic mass is 32.2. The van der Waals surface area contributed by atoms with Crippen LogP contribution in [-0.2, 0) is 10.0 Å². The lowest BCUT2D eigenvalue weighted by Crippen LogP contribution is -2.34. The van der Waals surface area contributed by atoms with Crippen molar-refractivity contribution in [2.45, 2.75) is 37.5 Å². The lowest BCUT2D eigenvalue weighted by molar-refractivity contribution is 0.251. The van der Waals surface area contributed by atoms with Crippen LogP contribution in [0.4, 0.5) is 5.82 Å². The predicted molar refractivity (Wildman–Crippen MR) is 78.6 cm³/mol. The molecule has 0 saturated heterocycles. The van der Waals surface area contributed by atoms with Crippen molar-refractivity contribution in [3.63, 3.8) is 0 Å². The second kappa shape index (κ2) is 8.18. The van der Waals surface area contributed by atoms with Crippen molar-refractivity contribution in [1.82, 2.24) is 9.29 Å². The van der Waals surface area contributed by atoms with Gasteiger partial charge < -0.3 is 10.8 Å². The van der Waals surface area contributed by atoms with Crippen LogP contribution in [0.25, 0.3) is 0 Å². The van der Waals surface area contributed by atoms with Gasteiger partial charge in [0.15, 0.2) is 0 Å². The molecule has 0 saturated carbocycles. The van der Waals surface area contributed by atoms with Crippen LogP contribution in [0.2, 0.25) is 0 Å². The summed E-state index contributed by atoms with van der Waals surface area (Å²) in [4.78, 5) is 3.91. The molecule has 0 radical (unpaired) electrons. The number of nitrogens with two attached hydrogens (primary N) is 1. The number of nitrogen functional groups attached to an aromatic ring is 1. The van der Waals surface area contributed by atoms with Crippen LogP contribution in [0.3, 0.4) is 0 Å². The van der Waals surface area contributed by atoms with E-state index >= 15 is 0 Å². The maximum Gasteiger partial charge on any atom is 0.244 e. The zero-order valence-corrected chi connectivity index (χ0v) is 12.6. The van der Waals surface area contributed by atoms with Gasteiger partial charge in [-0.05, 0) is 18.6 Å². The first kappa shape index (κ1) is 16.9. The van der Waals surface area contributed by atoms with E-state index in [2.05, 4.69) is 11.9 Å². The molecule has 0 aliphatic heterocycles. The zero-order valence-electron chi connectivity index (χ0n) is 11.8. The highest BCUT2D eigenvalue weighted by Crippen LogP contribution is 2.16. The summed E-state index contributed by atoms with van der Waals surface area (Å²) < 4.78 is 26.2. The van der Waals surface area contributed by atoms with E-state index in [1.54, 1.807) is 0 Å². The molecule has 0 atom stereocenters. The van der Waals surface area contributed by atoms with Crippen LogP contribution < -0.4 is 5.73 Å². The molecule has 3 N–H and O–H groups in total. The summed E-state index contributed by atoms with van der Waals surface area (Å²) in [6.45, 7) is 2.41. The van der Waals surface area contributed by atoms with E-state index in [9.17, 15) is 8.42 Å². The number of anilines is 1. The molecular weight excluding hydrogens is 278 g/mol. The number of hydrogen-bond donors (Lipinski definition) is 2. The van der Waals surface area contributed by atoms with Gasteiger partial charge in [0.1, 0.15) is 10.7 Å². The van der Waals surface area contributed by atoms with Gasteiger partial charge in [0.05, 0.1) is 6.61 Å². The highest BCUT2D eigenvalue weighted by molar-refractivity contribution is 7.89. The second-order valence-corrected chi connectivity index (χ2v) is 6.55. The van der Waals surface area contributed by atoms with E-state index in [0.717, 1.165) is 25.7 Å². The summed E-state index contributed by atoms with van der Waals surface area (Å²) in [6.07, 6.45) is 5.19. The summed E-state index contributed by atoms with van der Waals surface area (Å²) in [5.74, 6) is 0.278. The van der Waals surface area contributed by atoms with Gasteiger partial charge in [-0.25, -0.2) is 13.4 Å². The minimum atomic E-state index is -3.61. The molecule has 0 spiro atoms. The number of sulfonamides is 1. The molecule has 0 aromatic carbocycles. The molecule has 1 rings (SSSR count). The third-order valence-electron chi connectivity index (χ3n) is 3.01. The van der Waals surface area contributed by atoms with Crippen molar-refractivity contribution < 1.29 is 13.5 Å². The van der Waals surface area contributed by atoms with Gasteiger partial charge in [0, 0.05) is 19.3 Å². The quantitative estimate of drug-likeness (QED) is 0.669. The first-order chi connectivity index (χ1) is 9.52. The summed E-state index contributed by atoms with van der Waals surface area (Å²) in [6, 6.07) is 2.90. The molecule has 0 amide bonds. The fourth-order valence-corrected chi connectivity index (χ4v) is 3.29. The van der Waals surface area contributed by atoms with Gasteiger partial charge in [0.2, 0.25) is 10.0 Å². The molecule has 6 nitrogen and oxygen atoms in total. The zero-order chi connectivity index (χ0) is 15.0. The Kier molecular flexibility index (Phi) is 6.90. The summed E-state index contributed by atoms with van der Waals surface area (Å²) >= 11 is 0. The Balaban J connectivity index is 2.80. The summed E-state index contributed by atoms with van der Waals surface area (Å²) in [5.41, 5.74) is 5.46. The van der Waals surface area contributed by atoms with Crippen molar-refractivity contribution >= 4 is 15.8 Å². The van der Waals surface area contributed by atoms with Crippen LogP contribution in [0, 0.1) is 0 Å². The number of aromatic nitrogens is 1.